The van der Waals surface area contributed by atoms with Crippen LogP contribution in [0.1, 0.15) is 22.5 Å². The van der Waals surface area contributed by atoms with Crippen molar-refractivity contribution in [2.75, 3.05) is 23.4 Å². The lowest BCUT2D eigenvalue weighted by atomic mass is 10.0. The van der Waals surface area contributed by atoms with Crippen molar-refractivity contribution >= 4 is 23.2 Å². The van der Waals surface area contributed by atoms with Crippen LogP contribution in [0.2, 0.25) is 0 Å². The number of anilines is 2. The van der Waals surface area contributed by atoms with Gasteiger partial charge in [0.15, 0.2) is 12.4 Å². The van der Waals surface area contributed by atoms with Crippen molar-refractivity contribution in [2.24, 2.45) is 0 Å². The summed E-state index contributed by atoms with van der Waals surface area (Å²) < 4.78 is 23.5. The number of nitrogens with one attached hydrogen (secondary N) is 1. The lowest BCUT2D eigenvalue weighted by Crippen LogP contribution is -2.35. The molecule has 0 aliphatic carbocycles. The molecular formula is C22H19FN2O4. The third-order valence-electron chi connectivity index (χ3n) is 4.65. The fraction of sp³-hybridized carbons (Fsp3) is 0.182. The van der Waals surface area contributed by atoms with E-state index >= 15 is 0 Å². The minimum absolute atomic E-state index is 0.209. The van der Waals surface area contributed by atoms with E-state index in [2.05, 4.69) is 5.32 Å². The number of hydrogen-bond donors (Lipinski definition) is 1. The van der Waals surface area contributed by atoms with E-state index in [4.69, 9.17) is 9.15 Å². The van der Waals surface area contributed by atoms with Gasteiger partial charge in [0.25, 0.3) is 11.8 Å². The van der Waals surface area contributed by atoms with Gasteiger partial charge in [-0.15, -0.1) is 0 Å². The van der Waals surface area contributed by atoms with Gasteiger partial charge in [-0.2, -0.15) is 0 Å². The van der Waals surface area contributed by atoms with Crippen molar-refractivity contribution < 1.29 is 23.1 Å². The number of nitrogens with zero attached hydrogens (tertiary/aromatic N) is 1. The Morgan fingerprint density at radius 1 is 1.14 bits per heavy atom. The van der Waals surface area contributed by atoms with Gasteiger partial charge >= 0.3 is 0 Å². The Bertz CT molecular complexity index is 1020. The molecule has 1 aliphatic rings. The number of carbonyl (C=O) groups is 2. The van der Waals surface area contributed by atoms with Crippen LogP contribution < -0.4 is 15.0 Å². The molecule has 7 heteroatoms. The van der Waals surface area contributed by atoms with Crippen molar-refractivity contribution in [2.45, 2.75) is 12.8 Å². The highest BCUT2D eigenvalue weighted by Crippen LogP contribution is 2.31. The molecule has 0 spiro atoms. The van der Waals surface area contributed by atoms with E-state index < -0.39 is 0 Å². The first-order valence-electron chi connectivity index (χ1n) is 9.27. The van der Waals surface area contributed by atoms with Crippen molar-refractivity contribution in [3.05, 3.63) is 78.0 Å². The van der Waals surface area contributed by atoms with E-state index in [0.29, 0.717) is 18.0 Å². The zero-order valence-corrected chi connectivity index (χ0v) is 15.6. The van der Waals surface area contributed by atoms with E-state index in [9.17, 15) is 14.0 Å². The average molecular weight is 394 g/mol. The number of halogens is 1. The van der Waals surface area contributed by atoms with Crippen LogP contribution in [0.3, 0.4) is 0 Å². The number of benzene rings is 2. The van der Waals surface area contributed by atoms with Crippen LogP contribution in [-0.4, -0.2) is 25.0 Å². The molecule has 29 heavy (non-hydrogen) atoms. The molecule has 4 rings (SSSR count). The minimum Gasteiger partial charge on any atom is -0.484 e. The van der Waals surface area contributed by atoms with Crippen LogP contribution in [-0.2, 0) is 11.2 Å². The third-order valence-corrected chi connectivity index (χ3v) is 4.65. The zero-order valence-electron chi connectivity index (χ0n) is 15.6. The van der Waals surface area contributed by atoms with E-state index in [1.54, 1.807) is 29.2 Å². The van der Waals surface area contributed by atoms with Gasteiger partial charge in [0.2, 0.25) is 0 Å². The summed E-state index contributed by atoms with van der Waals surface area (Å²) in [6, 6.07) is 14.3. The molecule has 148 valence electrons. The van der Waals surface area contributed by atoms with E-state index in [1.165, 1.54) is 30.5 Å². The highest BCUT2D eigenvalue weighted by molar-refractivity contribution is 6.05. The SMILES string of the molecule is O=C(COc1ccc(F)cc1)Nc1ccc2c(c1)N(C(=O)c1ccco1)CCC2. The van der Waals surface area contributed by atoms with Crippen molar-refractivity contribution in [1.29, 1.82) is 0 Å². The fourth-order valence-electron chi connectivity index (χ4n) is 3.27. The molecule has 1 aliphatic heterocycles. The summed E-state index contributed by atoms with van der Waals surface area (Å²) in [4.78, 5) is 26.6. The molecule has 6 nitrogen and oxygen atoms in total. The van der Waals surface area contributed by atoms with Crippen molar-refractivity contribution in [3.63, 3.8) is 0 Å². The van der Waals surface area contributed by atoms with E-state index in [0.717, 1.165) is 24.1 Å². The summed E-state index contributed by atoms with van der Waals surface area (Å²) in [7, 11) is 0. The van der Waals surface area contributed by atoms with Gasteiger partial charge in [-0.25, -0.2) is 4.39 Å². The Hall–Kier alpha value is -3.61. The Morgan fingerprint density at radius 2 is 1.97 bits per heavy atom. The van der Waals surface area contributed by atoms with Gasteiger partial charge in [-0.05, 0) is 66.9 Å². The number of aryl methyl sites for hydroxylation is 1. The zero-order chi connectivity index (χ0) is 20.2. The number of furan rings is 1. The molecule has 0 saturated carbocycles. The maximum atomic E-state index is 12.9. The second kappa shape index (κ2) is 8.18. The minimum atomic E-state index is -0.371. The average Bonchev–Trinajstić information content (AvgIpc) is 3.27. The molecule has 2 amide bonds. The Labute approximate surface area is 166 Å². The smallest absolute Gasteiger partial charge is 0.293 e. The van der Waals surface area contributed by atoms with Crippen LogP contribution in [0, 0.1) is 5.82 Å². The van der Waals surface area contributed by atoms with Gasteiger partial charge in [0, 0.05) is 17.9 Å². The van der Waals surface area contributed by atoms with Gasteiger partial charge in [-0.3, -0.25) is 9.59 Å². The second-order valence-corrected chi connectivity index (χ2v) is 6.67. The van der Waals surface area contributed by atoms with Gasteiger partial charge in [0.1, 0.15) is 11.6 Å². The summed E-state index contributed by atoms with van der Waals surface area (Å²) in [6.07, 6.45) is 3.19. The Balaban J connectivity index is 1.45. The Morgan fingerprint density at radius 3 is 2.72 bits per heavy atom. The summed E-state index contributed by atoms with van der Waals surface area (Å²) in [6.45, 7) is 0.370. The summed E-state index contributed by atoms with van der Waals surface area (Å²) in [5.74, 6) is -0.250. The first-order chi connectivity index (χ1) is 14.1. The molecule has 0 radical (unpaired) electrons. The number of hydrogen-bond acceptors (Lipinski definition) is 4. The standard InChI is InChI=1S/C22H19FN2O4/c23-16-6-9-18(10-7-16)29-14-21(26)24-17-8-5-15-3-1-11-25(19(15)13-17)22(27)20-4-2-12-28-20/h2,4-10,12-13H,1,3,11,14H2,(H,24,26). The van der Waals surface area contributed by atoms with Gasteiger partial charge in [-0.1, -0.05) is 6.07 Å². The first kappa shape index (κ1) is 18.7. The van der Waals surface area contributed by atoms with Crippen LogP contribution in [0.4, 0.5) is 15.8 Å². The van der Waals surface area contributed by atoms with E-state index in [-0.39, 0.29) is 30.0 Å². The highest BCUT2D eigenvalue weighted by Gasteiger charge is 2.25. The molecule has 2 heterocycles. The maximum Gasteiger partial charge on any atom is 0.293 e. The largest absolute Gasteiger partial charge is 0.484 e. The first-order valence-corrected chi connectivity index (χ1v) is 9.27. The van der Waals surface area contributed by atoms with Gasteiger partial charge < -0.3 is 19.4 Å². The summed E-state index contributed by atoms with van der Waals surface area (Å²) >= 11 is 0. The summed E-state index contributed by atoms with van der Waals surface area (Å²) in [5, 5.41) is 2.77. The van der Waals surface area contributed by atoms with E-state index in [1.807, 2.05) is 6.07 Å². The molecule has 1 N–H and O–H groups in total. The number of fused-ring (bicyclic) bond motifs is 1. The topological polar surface area (TPSA) is 71.8 Å². The summed E-state index contributed by atoms with van der Waals surface area (Å²) in [5.41, 5.74) is 2.36. The van der Waals surface area contributed by atoms with Gasteiger partial charge in [0.05, 0.1) is 6.26 Å². The van der Waals surface area contributed by atoms with Crippen molar-refractivity contribution in [1.82, 2.24) is 0 Å². The predicted molar refractivity (Wildman–Crippen MR) is 106 cm³/mol. The quantitative estimate of drug-likeness (QED) is 0.709. The van der Waals surface area contributed by atoms with Crippen LogP contribution in [0.15, 0.2) is 65.3 Å². The number of ether oxygens (including phenoxy) is 1. The Kier molecular flexibility index (Phi) is 5.29. The normalized spacial score (nSPS) is 12.9. The molecule has 0 saturated heterocycles. The molecule has 1 aromatic heterocycles. The molecule has 0 fully saturated rings. The lowest BCUT2D eigenvalue weighted by Gasteiger charge is -2.29. The molecule has 0 bridgehead atoms. The number of amides is 2. The lowest BCUT2D eigenvalue weighted by molar-refractivity contribution is -0.118. The second-order valence-electron chi connectivity index (χ2n) is 6.67. The maximum absolute atomic E-state index is 12.9. The molecule has 3 aromatic rings. The van der Waals surface area contributed by atoms with Crippen molar-refractivity contribution in [3.8, 4) is 5.75 Å². The van der Waals surface area contributed by atoms with Crippen LogP contribution in [0.5, 0.6) is 5.75 Å². The highest BCUT2D eigenvalue weighted by atomic mass is 19.1. The van der Waals surface area contributed by atoms with Crippen LogP contribution >= 0.6 is 0 Å². The fourth-order valence-corrected chi connectivity index (χ4v) is 3.27. The molecule has 0 unspecified atom stereocenters. The monoisotopic (exact) mass is 394 g/mol. The predicted octanol–water partition coefficient (Wildman–Crippen LogP) is 4.03. The molecular weight excluding hydrogens is 375 g/mol. The molecule has 2 aromatic carbocycles. The number of carbonyl (C=O) groups excluding carboxylic acids is 2. The molecule has 0 atom stereocenters. The number of rotatable bonds is 5. The van der Waals surface area contributed by atoms with Crippen LogP contribution in [0.25, 0.3) is 0 Å². The third kappa shape index (κ3) is 4.29.